The standard InChI is InChI=1S/C26H23ClN4O3/c1-14-8-18(15(2)28-21-6-7-25(27)29-22(21)13-32)26-19(9-14)23(33)11-24(34-26)16-4-5-20-17(10-16)12-31(3)30-20/h4-12,15,28,32H,13H2,1-3H3/t15-/m1/s1. The normalized spacial score (nSPS) is 12.4. The number of anilines is 1. The largest absolute Gasteiger partial charge is 0.455 e. The van der Waals surface area contributed by atoms with Crippen LogP contribution in [0, 0.1) is 6.92 Å². The van der Waals surface area contributed by atoms with E-state index in [4.69, 9.17) is 16.0 Å². The lowest BCUT2D eigenvalue weighted by Gasteiger charge is -2.19. The van der Waals surface area contributed by atoms with Crippen LogP contribution in [0.25, 0.3) is 33.2 Å². The number of nitrogens with one attached hydrogen (secondary N) is 1. The van der Waals surface area contributed by atoms with Gasteiger partial charge in [0, 0.05) is 35.8 Å². The number of aromatic nitrogens is 3. The van der Waals surface area contributed by atoms with Crippen molar-refractivity contribution < 1.29 is 9.52 Å². The van der Waals surface area contributed by atoms with Gasteiger partial charge in [0.15, 0.2) is 5.43 Å². The van der Waals surface area contributed by atoms with E-state index in [9.17, 15) is 9.90 Å². The second kappa shape index (κ2) is 8.59. The van der Waals surface area contributed by atoms with Gasteiger partial charge in [-0.25, -0.2) is 4.98 Å². The van der Waals surface area contributed by atoms with E-state index in [1.54, 1.807) is 16.8 Å². The molecule has 0 fully saturated rings. The Morgan fingerprint density at radius 3 is 2.79 bits per heavy atom. The van der Waals surface area contributed by atoms with Crippen molar-refractivity contribution in [3.63, 3.8) is 0 Å². The fourth-order valence-electron chi connectivity index (χ4n) is 4.24. The summed E-state index contributed by atoms with van der Waals surface area (Å²) in [6.45, 7) is 3.67. The van der Waals surface area contributed by atoms with Crippen molar-refractivity contribution in [3.8, 4) is 11.3 Å². The van der Waals surface area contributed by atoms with Crippen LogP contribution in [-0.2, 0) is 13.7 Å². The van der Waals surface area contributed by atoms with Crippen LogP contribution in [-0.4, -0.2) is 19.9 Å². The number of aliphatic hydroxyl groups excluding tert-OH is 1. The van der Waals surface area contributed by atoms with Gasteiger partial charge in [-0.15, -0.1) is 0 Å². The van der Waals surface area contributed by atoms with Gasteiger partial charge in [-0.1, -0.05) is 17.7 Å². The van der Waals surface area contributed by atoms with Gasteiger partial charge in [0.25, 0.3) is 0 Å². The molecular formula is C26H23ClN4O3. The number of halogens is 1. The Bertz CT molecular complexity index is 1610. The number of aryl methyl sites for hydroxylation is 2. The molecule has 2 aromatic carbocycles. The van der Waals surface area contributed by atoms with Gasteiger partial charge in [0.2, 0.25) is 0 Å². The van der Waals surface area contributed by atoms with Crippen LogP contribution < -0.4 is 10.7 Å². The molecule has 34 heavy (non-hydrogen) atoms. The molecule has 172 valence electrons. The number of pyridine rings is 1. The predicted molar refractivity (Wildman–Crippen MR) is 134 cm³/mol. The lowest BCUT2D eigenvalue weighted by Crippen LogP contribution is -2.12. The first-order chi connectivity index (χ1) is 16.3. The van der Waals surface area contributed by atoms with Gasteiger partial charge < -0.3 is 14.8 Å². The number of aliphatic hydroxyl groups is 1. The molecule has 0 amide bonds. The molecule has 5 aromatic rings. The quantitative estimate of drug-likeness (QED) is 0.333. The molecule has 0 saturated heterocycles. The molecule has 0 radical (unpaired) electrons. The lowest BCUT2D eigenvalue weighted by atomic mass is 10.0. The second-order valence-corrected chi connectivity index (χ2v) is 8.82. The SMILES string of the molecule is Cc1cc([C@@H](C)Nc2ccc(Cl)nc2CO)c2oc(-c3ccc4nn(C)cc4c3)cc(=O)c2c1. The summed E-state index contributed by atoms with van der Waals surface area (Å²) in [7, 11) is 1.87. The fourth-order valence-corrected chi connectivity index (χ4v) is 4.40. The topological polar surface area (TPSA) is 93.2 Å². The molecule has 0 unspecified atom stereocenters. The first-order valence-electron chi connectivity index (χ1n) is 10.9. The van der Waals surface area contributed by atoms with E-state index >= 15 is 0 Å². The smallest absolute Gasteiger partial charge is 0.193 e. The van der Waals surface area contributed by atoms with Crippen LogP contribution in [0.5, 0.6) is 0 Å². The molecular weight excluding hydrogens is 452 g/mol. The third-order valence-corrected chi connectivity index (χ3v) is 6.04. The van der Waals surface area contributed by atoms with Crippen molar-refractivity contribution in [3.05, 3.63) is 86.9 Å². The van der Waals surface area contributed by atoms with Crippen molar-refractivity contribution in [1.29, 1.82) is 0 Å². The highest BCUT2D eigenvalue weighted by molar-refractivity contribution is 6.29. The van der Waals surface area contributed by atoms with Crippen LogP contribution >= 0.6 is 11.6 Å². The Morgan fingerprint density at radius 1 is 1.18 bits per heavy atom. The average molecular weight is 475 g/mol. The first kappa shape index (κ1) is 22.1. The van der Waals surface area contributed by atoms with Gasteiger partial charge in [-0.05, 0) is 55.8 Å². The van der Waals surface area contributed by atoms with Crippen molar-refractivity contribution in [2.24, 2.45) is 7.05 Å². The molecule has 3 heterocycles. The number of hydrogen-bond donors (Lipinski definition) is 2. The molecule has 1 atom stereocenters. The summed E-state index contributed by atoms with van der Waals surface area (Å²) in [5.74, 6) is 0.491. The molecule has 0 aliphatic heterocycles. The van der Waals surface area contributed by atoms with Gasteiger partial charge >= 0.3 is 0 Å². The third kappa shape index (κ3) is 4.04. The summed E-state index contributed by atoms with van der Waals surface area (Å²) in [6.07, 6.45) is 1.93. The first-order valence-corrected chi connectivity index (χ1v) is 11.2. The number of fused-ring (bicyclic) bond motifs is 2. The molecule has 0 saturated carbocycles. The maximum absolute atomic E-state index is 13.1. The molecule has 0 spiro atoms. The van der Waals surface area contributed by atoms with Gasteiger partial charge in [0.1, 0.15) is 16.5 Å². The molecule has 0 aliphatic rings. The van der Waals surface area contributed by atoms with E-state index in [0.29, 0.717) is 33.3 Å². The second-order valence-electron chi connectivity index (χ2n) is 8.43. The van der Waals surface area contributed by atoms with Crippen LogP contribution in [0.4, 0.5) is 5.69 Å². The fraction of sp³-hybridized carbons (Fsp3) is 0.192. The Hall–Kier alpha value is -3.68. The number of benzene rings is 2. The maximum Gasteiger partial charge on any atom is 0.193 e. The minimum atomic E-state index is -0.250. The summed E-state index contributed by atoms with van der Waals surface area (Å²) in [4.78, 5) is 17.3. The molecule has 0 bridgehead atoms. The highest BCUT2D eigenvalue weighted by Gasteiger charge is 2.18. The van der Waals surface area contributed by atoms with Gasteiger partial charge in [0.05, 0.1) is 34.9 Å². The summed E-state index contributed by atoms with van der Waals surface area (Å²) >= 11 is 5.97. The zero-order valence-corrected chi connectivity index (χ0v) is 19.7. The highest BCUT2D eigenvalue weighted by atomic mass is 35.5. The average Bonchev–Trinajstić information content (AvgIpc) is 3.19. The van der Waals surface area contributed by atoms with E-state index in [1.165, 1.54) is 6.07 Å². The maximum atomic E-state index is 13.1. The zero-order chi connectivity index (χ0) is 24.0. The Balaban J connectivity index is 1.63. The van der Waals surface area contributed by atoms with Gasteiger partial charge in [-0.3, -0.25) is 9.48 Å². The Labute approximate surface area is 200 Å². The summed E-state index contributed by atoms with van der Waals surface area (Å²) in [6, 6.07) is 14.4. The van der Waals surface area contributed by atoms with E-state index in [1.807, 2.05) is 57.4 Å². The molecule has 7 nitrogen and oxygen atoms in total. The third-order valence-electron chi connectivity index (χ3n) is 5.83. The summed E-state index contributed by atoms with van der Waals surface area (Å²) < 4.78 is 8.11. The predicted octanol–water partition coefficient (Wildman–Crippen LogP) is 5.37. The summed E-state index contributed by atoms with van der Waals surface area (Å²) in [5.41, 5.74) is 4.98. The molecule has 2 N–H and O–H groups in total. The van der Waals surface area contributed by atoms with Crippen LogP contribution in [0.3, 0.4) is 0 Å². The van der Waals surface area contributed by atoms with E-state index in [-0.39, 0.29) is 18.1 Å². The van der Waals surface area contributed by atoms with Crippen molar-refractivity contribution in [2.75, 3.05) is 5.32 Å². The number of rotatable bonds is 5. The van der Waals surface area contributed by atoms with Crippen LogP contribution in [0.15, 0.2) is 63.9 Å². The van der Waals surface area contributed by atoms with Crippen LogP contribution in [0.2, 0.25) is 5.15 Å². The Kier molecular flexibility index (Phi) is 5.59. The monoisotopic (exact) mass is 474 g/mol. The molecule has 8 heteroatoms. The Morgan fingerprint density at radius 2 is 2.00 bits per heavy atom. The minimum absolute atomic E-state index is 0.108. The highest BCUT2D eigenvalue weighted by Crippen LogP contribution is 2.32. The van der Waals surface area contributed by atoms with Gasteiger partial charge in [-0.2, -0.15) is 5.10 Å². The van der Waals surface area contributed by atoms with Crippen molar-refractivity contribution in [1.82, 2.24) is 14.8 Å². The van der Waals surface area contributed by atoms with Crippen molar-refractivity contribution in [2.45, 2.75) is 26.5 Å². The van der Waals surface area contributed by atoms with Crippen LogP contribution in [0.1, 0.15) is 29.8 Å². The molecule has 3 aromatic heterocycles. The van der Waals surface area contributed by atoms with Crippen molar-refractivity contribution >= 4 is 39.2 Å². The summed E-state index contributed by atoms with van der Waals surface area (Å²) in [5, 5.41) is 19.3. The van der Waals surface area contributed by atoms with E-state index in [0.717, 1.165) is 27.6 Å². The molecule has 0 aliphatic carbocycles. The molecule has 5 rings (SSSR count). The number of hydrogen-bond acceptors (Lipinski definition) is 6. The van der Waals surface area contributed by atoms with E-state index < -0.39 is 0 Å². The van der Waals surface area contributed by atoms with E-state index in [2.05, 4.69) is 15.4 Å². The number of nitrogens with zero attached hydrogens (tertiary/aromatic N) is 3. The zero-order valence-electron chi connectivity index (χ0n) is 19.0. The lowest BCUT2D eigenvalue weighted by molar-refractivity contribution is 0.277. The minimum Gasteiger partial charge on any atom is -0.455 e.